The van der Waals surface area contributed by atoms with E-state index in [4.69, 9.17) is 5.73 Å². The number of aromatic nitrogens is 2. The minimum absolute atomic E-state index is 0.194. The quantitative estimate of drug-likeness (QED) is 0.687. The number of anilines is 1. The number of esters is 1. The number of nitrogen functional groups attached to an aromatic ring is 1. The number of nitrogens with two attached hydrogens (primary N) is 1. The number of ether oxygens (including phenoxy) is 1. The molecule has 0 spiro atoms. The van der Waals surface area contributed by atoms with Crippen LogP contribution in [0.25, 0.3) is 0 Å². The summed E-state index contributed by atoms with van der Waals surface area (Å²) < 4.78 is 6.21. The second-order valence-corrected chi connectivity index (χ2v) is 2.72. The molecule has 0 aliphatic rings. The Morgan fingerprint density at radius 1 is 1.77 bits per heavy atom. The zero-order valence-corrected chi connectivity index (χ0v) is 7.56. The Kier molecular flexibility index (Phi) is 3.31. The average molecular weight is 183 g/mol. The number of carbonyl (C=O) groups is 1. The topological polar surface area (TPSA) is 70.1 Å². The van der Waals surface area contributed by atoms with Crippen molar-refractivity contribution in [3.63, 3.8) is 0 Å². The summed E-state index contributed by atoms with van der Waals surface area (Å²) >= 11 is 0. The van der Waals surface area contributed by atoms with E-state index >= 15 is 0 Å². The summed E-state index contributed by atoms with van der Waals surface area (Å²) in [5.41, 5.74) is 6.10. The molecule has 1 heterocycles. The lowest BCUT2D eigenvalue weighted by Gasteiger charge is -1.99. The summed E-state index contributed by atoms with van der Waals surface area (Å²) in [5, 5.41) is 3.98. The molecular weight excluding hydrogens is 170 g/mol. The molecule has 13 heavy (non-hydrogen) atoms. The van der Waals surface area contributed by atoms with Gasteiger partial charge in [-0.1, -0.05) is 0 Å². The smallest absolute Gasteiger partial charge is 0.305 e. The van der Waals surface area contributed by atoms with Gasteiger partial charge in [-0.05, 0) is 6.42 Å². The second-order valence-electron chi connectivity index (χ2n) is 2.72. The van der Waals surface area contributed by atoms with Gasteiger partial charge in [-0.15, -0.1) is 0 Å². The summed E-state index contributed by atoms with van der Waals surface area (Å²) in [6.07, 6.45) is 4.44. The molecule has 0 aromatic carbocycles. The van der Waals surface area contributed by atoms with Crippen LogP contribution in [0.2, 0.25) is 0 Å². The Morgan fingerprint density at radius 2 is 2.54 bits per heavy atom. The first-order valence-electron chi connectivity index (χ1n) is 4.07. The van der Waals surface area contributed by atoms with Crippen LogP contribution in [-0.2, 0) is 16.1 Å². The molecule has 1 aromatic rings. The SMILES string of the molecule is COC(=O)CCCn1cc(N)cn1. The number of hydrogen-bond acceptors (Lipinski definition) is 4. The molecule has 0 bridgehead atoms. The Hall–Kier alpha value is -1.52. The van der Waals surface area contributed by atoms with Crippen LogP contribution in [-0.4, -0.2) is 22.9 Å². The van der Waals surface area contributed by atoms with Gasteiger partial charge in [-0.25, -0.2) is 0 Å². The fraction of sp³-hybridized carbons (Fsp3) is 0.500. The first-order chi connectivity index (χ1) is 6.22. The van der Waals surface area contributed by atoms with Crippen LogP contribution in [0, 0.1) is 0 Å². The van der Waals surface area contributed by atoms with Crippen molar-refractivity contribution in [1.82, 2.24) is 9.78 Å². The van der Waals surface area contributed by atoms with Gasteiger partial charge < -0.3 is 10.5 Å². The lowest BCUT2D eigenvalue weighted by Crippen LogP contribution is -2.04. The van der Waals surface area contributed by atoms with E-state index < -0.39 is 0 Å². The Balaban J connectivity index is 2.24. The van der Waals surface area contributed by atoms with Gasteiger partial charge in [0.25, 0.3) is 0 Å². The van der Waals surface area contributed by atoms with Crippen LogP contribution in [0.15, 0.2) is 12.4 Å². The number of aryl methyl sites for hydroxylation is 1. The van der Waals surface area contributed by atoms with E-state index in [0.29, 0.717) is 25.1 Å². The van der Waals surface area contributed by atoms with Gasteiger partial charge in [0.15, 0.2) is 0 Å². The van der Waals surface area contributed by atoms with Gasteiger partial charge in [-0.2, -0.15) is 5.10 Å². The van der Waals surface area contributed by atoms with Gasteiger partial charge in [-0.3, -0.25) is 9.48 Å². The molecule has 0 atom stereocenters. The van der Waals surface area contributed by atoms with Crippen LogP contribution in [0.4, 0.5) is 5.69 Å². The van der Waals surface area contributed by atoms with E-state index in [1.165, 1.54) is 7.11 Å². The fourth-order valence-corrected chi connectivity index (χ4v) is 0.989. The lowest BCUT2D eigenvalue weighted by atomic mass is 10.3. The molecule has 1 rings (SSSR count). The summed E-state index contributed by atoms with van der Waals surface area (Å²) in [7, 11) is 1.38. The maximum absolute atomic E-state index is 10.7. The molecular formula is C8H13N3O2. The summed E-state index contributed by atoms with van der Waals surface area (Å²) in [6, 6.07) is 0. The monoisotopic (exact) mass is 183 g/mol. The highest BCUT2D eigenvalue weighted by molar-refractivity contribution is 5.68. The maximum atomic E-state index is 10.7. The standard InChI is InChI=1S/C8H13N3O2/c1-13-8(12)3-2-4-11-6-7(9)5-10-11/h5-6H,2-4,9H2,1H3. The third kappa shape index (κ3) is 3.14. The van der Waals surface area contributed by atoms with Crippen LogP contribution < -0.4 is 5.73 Å². The number of carbonyl (C=O) groups excluding carboxylic acids is 1. The largest absolute Gasteiger partial charge is 0.469 e. The average Bonchev–Trinajstić information content (AvgIpc) is 2.51. The Labute approximate surface area is 76.5 Å². The molecule has 0 unspecified atom stereocenters. The minimum atomic E-state index is -0.194. The van der Waals surface area contributed by atoms with E-state index in [2.05, 4.69) is 9.84 Å². The third-order valence-corrected chi connectivity index (χ3v) is 1.65. The van der Waals surface area contributed by atoms with Gasteiger partial charge in [0.2, 0.25) is 0 Å². The van der Waals surface area contributed by atoms with Crippen LogP contribution in [0.5, 0.6) is 0 Å². The van der Waals surface area contributed by atoms with E-state index in [1.807, 2.05) is 0 Å². The van der Waals surface area contributed by atoms with Gasteiger partial charge in [0, 0.05) is 19.2 Å². The minimum Gasteiger partial charge on any atom is -0.469 e. The molecule has 2 N–H and O–H groups in total. The molecule has 1 aromatic heterocycles. The fourth-order valence-electron chi connectivity index (χ4n) is 0.989. The predicted octanol–water partition coefficient (Wildman–Crippen LogP) is 0.418. The molecule has 0 amide bonds. The van der Waals surface area contributed by atoms with Crippen LogP contribution in [0.3, 0.4) is 0 Å². The third-order valence-electron chi connectivity index (χ3n) is 1.65. The van der Waals surface area contributed by atoms with Gasteiger partial charge >= 0.3 is 5.97 Å². The molecule has 72 valence electrons. The highest BCUT2D eigenvalue weighted by Crippen LogP contribution is 2.00. The Morgan fingerprint density at radius 3 is 3.08 bits per heavy atom. The predicted molar refractivity (Wildman–Crippen MR) is 47.9 cm³/mol. The lowest BCUT2D eigenvalue weighted by molar-refractivity contribution is -0.140. The van der Waals surface area contributed by atoms with Gasteiger partial charge in [0.1, 0.15) is 0 Å². The zero-order valence-electron chi connectivity index (χ0n) is 7.56. The van der Waals surface area contributed by atoms with Crippen molar-refractivity contribution >= 4 is 11.7 Å². The van der Waals surface area contributed by atoms with E-state index in [0.717, 1.165) is 0 Å². The highest BCUT2D eigenvalue weighted by Gasteiger charge is 2.00. The summed E-state index contributed by atoms with van der Waals surface area (Å²) in [6.45, 7) is 0.687. The molecule has 0 radical (unpaired) electrons. The van der Waals surface area contributed by atoms with Crippen molar-refractivity contribution in [1.29, 1.82) is 0 Å². The molecule has 0 saturated carbocycles. The maximum Gasteiger partial charge on any atom is 0.305 e. The van der Waals surface area contributed by atoms with Crippen molar-refractivity contribution in [2.24, 2.45) is 0 Å². The van der Waals surface area contributed by atoms with Gasteiger partial charge in [0.05, 0.1) is 19.0 Å². The molecule has 0 aliphatic heterocycles. The van der Waals surface area contributed by atoms with Crippen LogP contribution >= 0.6 is 0 Å². The molecule has 5 nitrogen and oxygen atoms in total. The van der Waals surface area contributed by atoms with Crippen molar-refractivity contribution in [2.75, 3.05) is 12.8 Å². The molecule has 0 fully saturated rings. The Bertz CT molecular complexity index is 283. The number of hydrogen-bond donors (Lipinski definition) is 1. The molecule has 0 aliphatic carbocycles. The molecule has 5 heteroatoms. The zero-order chi connectivity index (χ0) is 9.68. The number of nitrogens with zero attached hydrogens (tertiary/aromatic N) is 2. The van der Waals surface area contributed by atoms with E-state index in [1.54, 1.807) is 17.1 Å². The van der Waals surface area contributed by atoms with E-state index in [9.17, 15) is 4.79 Å². The second kappa shape index (κ2) is 4.49. The first kappa shape index (κ1) is 9.57. The van der Waals surface area contributed by atoms with Crippen molar-refractivity contribution in [3.8, 4) is 0 Å². The number of methoxy groups -OCH3 is 1. The van der Waals surface area contributed by atoms with Crippen molar-refractivity contribution in [3.05, 3.63) is 12.4 Å². The molecule has 0 saturated heterocycles. The summed E-state index contributed by atoms with van der Waals surface area (Å²) in [5.74, 6) is -0.194. The van der Waals surface area contributed by atoms with E-state index in [-0.39, 0.29) is 5.97 Å². The first-order valence-corrected chi connectivity index (χ1v) is 4.07. The highest BCUT2D eigenvalue weighted by atomic mass is 16.5. The summed E-state index contributed by atoms with van der Waals surface area (Å²) in [4.78, 5) is 10.7. The van der Waals surface area contributed by atoms with Crippen LogP contribution in [0.1, 0.15) is 12.8 Å². The number of rotatable bonds is 4. The normalized spacial score (nSPS) is 9.92. The van der Waals surface area contributed by atoms with Crippen molar-refractivity contribution < 1.29 is 9.53 Å². The van der Waals surface area contributed by atoms with Crippen molar-refractivity contribution in [2.45, 2.75) is 19.4 Å².